The Morgan fingerprint density at radius 1 is 1.45 bits per heavy atom. The summed E-state index contributed by atoms with van der Waals surface area (Å²) < 4.78 is 10.3. The summed E-state index contributed by atoms with van der Waals surface area (Å²) in [7, 11) is 0. The maximum absolute atomic E-state index is 11.8. The highest BCUT2D eigenvalue weighted by atomic mass is 32.1. The number of aromatic nitrogens is 1. The minimum Gasteiger partial charge on any atom is -0.463 e. The van der Waals surface area contributed by atoms with Crippen molar-refractivity contribution in [3.8, 4) is 11.5 Å². The molecule has 0 aromatic carbocycles. The lowest BCUT2D eigenvalue weighted by Gasteiger charge is -1.99. The number of carbonyl (C=O) groups is 1. The Balaban J connectivity index is 2.09. The first-order valence-electron chi connectivity index (χ1n) is 6.10. The minimum absolute atomic E-state index is 0.317. The molecular formula is C14H12N2O3S. The number of hydrogen-bond acceptors (Lipinski definition) is 6. The van der Waals surface area contributed by atoms with Crippen LogP contribution >= 0.6 is 11.3 Å². The van der Waals surface area contributed by atoms with E-state index in [9.17, 15) is 4.79 Å². The van der Waals surface area contributed by atoms with Gasteiger partial charge in [0.2, 0.25) is 0 Å². The highest BCUT2D eigenvalue weighted by Gasteiger charge is 2.18. The van der Waals surface area contributed by atoms with Crippen molar-refractivity contribution in [1.82, 2.24) is 4.98 Å². The zero-order valence-electron chi connectivity index (χ0n) is 10.8. The van der Waals surface area contributed by atoms with E-state index in [0.717, 1.165) is 5.39 Å². The molecule has 0 aliphatic heterocycles. The lowest BCUT2D eigenvalue weighted by atomic mass is 10.2. The summed E-state index contributed by atoms with van der Waals surface area (Å²) in [4.78, 5) is 17.4. The van der Waals surface area contributed by atoms with Crippen molar-refractivity contribution < 1.29 is 13.9 Å². The van der Waals surface area contributed by atoms with Gasteiger partial charge in [-0.15, -0.1) is 11.3 Å². The zero-order chi connectivity index (χ0) is 14.1. The maximum Gasteiger partial charge on any atom is 0.350 e. The van der Waals surface area contributed by atoms with Crippen molar-refractivity contribution in [3.05, 3.63) is 35.4 Å². The molecule has 0 fully saturated rings. The van der Waals surface area contributed by atoms with Gasteiger partial charge in [0.15, 0.2) is 5.76 Å². The standard InChI is InChI=1S/C14H12N2O3S/c1-2-18-14(17)12-11(15)8-5-6-9(16-13(8)20-12)10-4-3-7-19-10/h3-7H,2,15H2,1H3. The van der Waals surface area contributed by atoms with Crippen molar-refractivity contribution in [2.24, 2.45) is 0 Å². The highest BCUT2D eigenvalue weighted by Crippen LogP contribution is 2.34. The van der Waals surface area contributed by atoms with Crippen LogP contribution in [-0.4, -0.2) is 17.6 Å². The Morgan fingerprint density at radius 2 is 2.30 bits per heavy atom. The number of pyridine rings is 1. The van der Waals surface area contributed by atoms with E-state index < -0.39 is 5.97 Å². The second kappa shape index (κ2) is 4.97. The molecule has 3 aromatic rings. The van der Waals surface area contributed by atoms with E-state index in [-0.39, 0.29) is 0 Å². The molecular weight excluding hydrogens is 276 g/mol. The predicted molar refractivity (Wildman–Crippen MR) is 77.7 cm³/mol. The molecule has 0 spiro atoms. The number of carbonyl (C=O) groups excluding carboxylic acids is 1. The Bertz CT molecular complexity index is 762. The summed E-state index contributed by atoms with van der Waals surface area (Å²) in [5.74, 6) is 0.268. The fourth-order valence-corrected chi connectivity index (χ4v) is 2.89. The fraction of sp³-hybridized carbons (Fsp3) is 0.143. The Morgan fingerprint density at radius 3 is 3.00 bits per heavy atom. The Labute approximate surface area is 119 Å². The summed E-state index contributed by atoms with van der Waals surface area (Å²) in [6.07, 6.45) is 1.59. The van der Waals surface area contributed by atoms with Gasteiger partial charge in [0.05, 0.1) is 18.6 Å². The lowest BCUT2D eigenvalue weighted by Crippen LogP contribution is -2.04. The number of fused-ring (bicyclic) bond motifs is 1. The minimum atomic E-state index is -0.410. The number of thiophene rings is 1. The van der Waals surface area contributed by atoms with E-state index in [1.807, 2.05) is 18.2 Å². The number of esters is 1. The van der Waals surface area contributed by atoms with Crippen LogP contribution < -0.4 is 5.73 Å². The van der Waals surface area contributed by atoms with Gasteiger partial charge in [-0.2, -0.15) is 0 Å². The van der Waals surface area contributed by atoms with E-state index in [2.05, 4.69) is 4.98 Å². The van der Waals surface area contributed by atoms with Gasteiger partial charge < -0.3 is 14.9 Å². The van der Waals surface area contributed by atoms with E-state index in [1.54, 1.807) is 19.3 Å². The van der Waals surface area contributed by atoms with Crippen LogP contribution in [0.2, 0.25) is 0 Å². The third-order valence-electron chi connectivity index (χ3n) is 2.83. The number of furan rings is 1. The number of hydrogen-bond donors (Lipinski definition) is 1. The molecule has 0 bridgehead atoms. The molecule has 102 valence electrons. The molecule has 0 saturated carbocycles. The van der Waals surface area contributed by atoms with E-state index in [1.165, 1.54) is 11.3 Å². The third-order valence-corrected chi connectivity index (χ3v) is 3.92. The van der Waals surface area contributed by atoms with E-state index >= 15 is 0 Å². The number of nitrogens with zero attached hydrogens (tertiary/aromatic N) is 1. The number of nitrogen functional groups attached to an aromatic ring is 1. The monoisotopic (exact) mass is 288 g/mol. The smallest absolute Gasteiger partial charge is 0.350 e. The quantitative estimate of drug-likeness (QED) is 0.748. The molecule has 0 radical (unpaired) electrons. The second-order valence-corrected chi connectivity index (χ2v) is 5.09. The summed E-state index contributed by atoms with van der Waals surface area (Å²) in [5.41, 5.74) is 7.11. The molecule has 0 atom stereocenters. The van der Waals surface area contributed by atoms with Crippen molar-refractivity contribution >= 4 is 33.2 Å². The highest BCUT2D eigenvalue weighted by molar-refractivity contribution is 7.21. The predicted octanol–water partition coefficient (Wildman–Crippen LogP) is 3.32. The zero-order valence-corrected chi connectivity index (χ0v) is 11.6. The average Bonchev–Trinajstić information content (AvgIpc) is 3.07. The van der Waals surface area contributed by atoms with Gasteiger partial charge in [0.1, 0.15) is 15.4 Å². The van der Waals surface area contributed by atoms with Gasteiger partial charge in [-0.05, 0) is 31.2 Å². The van der Waals surface area contributed by atoms with Crippen LogP contribution in [0.15, 0.2) is 34.9 Å². The number of rotatable bonds is 3. The van der Waals surface area contributed by atoms with Crippen LogP contribution in [0.3, 0.4) is 0 Å². The molecule has 3 rings (SSSR count). The SMILES string of the molecule is CCOC(=O)c1sc2nc(-c3ccco3)ccc2c1N. The summed E-state index contributed by atoms with van der Waals surface area (Å²) in [6.45, 7) is 2.08. The first-order valence-corrected chi connectivity index (χ1v) is 6.92. The van der Waals surface area contributed by atoms with Crippen LogP contribution in [0.4, 0.5) is 5.69 Å². The van der Waals surface area contributed by atoms with Gasteiger partial charge in [-0.3, -0.25) is 0 Å². The largest absolute Gasteiger partial charge is 0.463 e. The maximum atomic E-state index is 11.8. The van der Waals surface area contributed by atoms with Crippen LogP contribution in [0.1, 0.15) is 16.6 Å². The van der Waals surface area contributed by atoms with E-state index in [4.69, 9.17) is 14.9 Å². The normalized spacial score (nSPS) is 10.8. The Hall–Kier alpha value is -2.34. The van der Waals surface area contributed by atoms with Crippen LogP contribution in [0, 0.1) is 0 Å². The molecule has 5 nitrogen and oxygen atoms in total. The average molecular weight is 288 g/mol. The molecule has 2 N–H and O–H groups in total. The molecule has 3 aromatic heterocycles. The fourth-order valence-electron chi connectivity index (χ4n) is 1.91. The molecule has 6 heteroatoms. The van der Waals surface area contributed by atoms with Crippen molar-refractivity contribution in [3.63, 3.8) is 0 Å². The van der Waals surface area contributed by atoms with Crippen LogP contribution in [0.5, 0.6) is 0 Å². The van der Waals surface area contributed by atoms with Crippen LogP contribution in [0.25, 0.3) is 21.7 Å². The molecule has 20 heavy (non-hydrogen) atoms. The van der Waals surface area contributed by atoms with Crippen molar-refractivity contribution in [1.29, 1.82) is 0 Å². The molecule has 0 aliphatic carbocycles. The third kappa shape index (κ3) is 2.04. The lowest BCUT2D eigenvalue weighted by molar-refractivity contribution is 0.0533. The first-order chi connectivity index (χ1) is 9.70. The van der Waals surface area contributed by atoms with Gasteiger partial charge >= 0.3 is 5.97 Å². The van der Waals surface area contributed by atoms with Gasteiger partial charge in [0, 0.05) is 5.39 Å². The molecule has 0 aliphatic rings. The summed E-state index contributed by atoms with van der Waals surface area (Å²) in [6, 6.07) is 7.29. The summed E-state index contributed by atoms with van der Waals surface area (Å²) >= 11 is 1.23. The van der Waals surface area contributed by atoms with E-state index in [0.29, 0.717) is 33.5 Å². The Kier molecular flexibility index (Phi) is 3.15. The molecule has 0 amide bonds. The molecule has 3 heterocycles. The summed E-state index contributed by atoms with van der Waals surface area (Å²) in [5, 5.41) is 0.758. The molecule has 0 saturated heterocycles. The van der Waals surface area contributed by atoms with Gasteiger partial charge in [0.25, 0.3) is 0 Å². The molecule has 0 unspecified atom stereocenters. The van der Waals surface area contributed by atoms with Gasteiger partial charge in [-0.25, -0.2) is 9.78 Å². The van der Waals surface area contributed by atoms with Crippen LogP contribution in [-0.2, 0) is 4.74 Å². The first kappa shape index (κ1) is 12.7. The van der Waals surface area contributed by atoms with Gasteiger partial charge in [-0.1, -0.05) is 0 Å². The number of anilines is 1. The topological polar surface area (TPSA) is 78.3 Å². The van der Waals surface area contributed by atoms with Crippen molar-refractivity contribution in [2.45, 2.75) is 6.92 Å². The second-order valence-electron chi connectivity index (χ2n) is 4.09. The number of nitrogens with two attached hydrogens (primary N) is 1. The van der Waals surface area contributed by atoms with Crippen molar-refractivity contribution in [2.75, 3.05) is 12.3 Å². The number of ether oxygens (including phenoxy) is 1.